The van der Waals surface area contributed by atoms with Gasteiger partial charge in [-0.1, -0.05) is 73.5 Å². The van der Waals surface area contributed by atoms with Gasteiger partial charge in [-0.15, -0.1) is 0 Å². The topological polar surface area (TPSA) is 70.2 Å². The maximum Gasteiger partial charge on any atom is 0.237 e. The number of anilines is 1. The van der Waals surface area contributed by atoms with E-state index in [0.29, 0.717) is 16.5 Å². The Kier molecular flexibility index (Phi) is 7.11. The minimum atomic E-state index is -0.883. The lowest BCUT2D eigenvalue weighted by Gasteiger charge is -2.50. The van der Waals surface area contributed by atoms with Crippen molar-refractivity contribution < 1.29 is 9.59 Å². The van der Waals surface area contributed by atoms with Crippen molar-refractivity contribution in [2.45, 2.75) is 81.2 Å². The highest BCUT2D eigenvalue weighted by atomic mass is 35.5. The van der Waals surface area contributed by atoms with Crippen molar-refractivity contribution in [1.82, 2.24) is 10.6 Å². The van der Waals surface area contributed by atoms with E-state index >= 15 is 0 Å². The molecule has 0 radical (unpaired) electrons. The molecule has 3 N–H and O–H groups in total. The molecule has 1 unspecified atom stereocenters. The third kappa shape index (κ3) is 4.71. The first-order valence-corrected chi connectivity index (χ1v) is 13.6. The van der Waals surface area contributed by atoms with Gasteiger partial charge in [0.05, 0.1) is 12.0 Å². The molecule has 0 saturated heterocycles. The summed E-state index contributed by atoms with van der Waals surface area (Å²) in [5, 5.41) is 11.2. The van der Waals surface area contributed by atoms with Crippen LogP contribution in [0.25, 0.3) is 0 Å². The van der Waals surface area contributed by atoms with Gasteiger partial charge in [0.2, 0.25) is 11.8 Å². The summed E-state index contributed by atoms with van der Waals surface area (Å²) in [6, 6.07) is 13.7. The first kappa shape index (κ1) is 24.6. The van der Waals surface area contributed by atoms with Gasteiger partial charge in [-0.3, -0.25) is 9.59 Å². The maximum absolute atomic E-state index is 14.1. The monoisotopic (exact) mass is 513 g/mol. The number of carbonyl (C=O) groups is 2. The Morgan fingerprint density at radius 2 is 1.71 bits per heavy atom. The average Bonchev–Trinajstić information content (AvgIpc) is 3.44. The molecule has 2 amide bonds. The van der Waals surface area contributed by atoms with Crippen LogP contribution in [-0.2, 0) is 21.4 Å². The molecule has 7 heteroatoms. The Labute approximate surface area is 217 Å². The van der Waals surface area contributed by atoms with Crippen molar-refractivity contribution in [3.8, 4) is 0 Å². The summed E-state index contributed by atoms with van der Waals surface area (Å²) in [5.74, 6) is -0.0326. The van der Waals surface area contributed by atoms with Crippen molar-refractivity contribution in [1.29, 1.82) is 0 Å². The number of nitrogens with one attached hydrogen (secondary N) is 3. The average molecular weight is 514 g/mol. The Morgan fingerprint density at radius 1 is 0.971 bits per heavy atom. The molecule has 1 atom stereocenters. The SMILES string of the molecule is O=C(CNC1(C2(Cc3cccc(Cl)c3)C(=O)Nc3cc(Cl)ccc32)CCCCC1)NC1CCCC1. The lowest BCUT2D eigenvalue weighted by atomic mass is 9.57. The molecule has 1 aliphatic heterocycles. The Balaban J connectivity index is 1.55. The molecule has 5 rings (SSSR count). The van der Waals surface area contributed by atoms with Crippen LogP contribution in [0.15, 0.2) is 42.5 Å². The highest BCUT2D eigenvalue weighted by Crippen LogP contribution is 2.53. The van der Waals surface area contributed by atoms with E-state index in [2.05, 4.69) is 16.0 Å². The third-order valence-electron chi connectivity index (χ3n) is 8.27. The largest absolute Gasteiger partial charge is 0.352 e. The van der Waals surface area contributed by atoms with E-state index < -0.39 is 11.0 Å². The van der Waals surface area contributed by atoms with Crippen LogP contribution in [-0.4, -0.2) is 29.9 Å². The number of benzene rings is 2. The summed E-state index contributed by atoms with van der Waals surface area (Å²) in [6.45, 7) is 0.198. The van der Waals surface area contributed by atoms with Gasteiger partial charge >= 0.3 is 0 Å². The van der Waals surface area contributed by atoms with E-state index in [1.807, 2.05) is 42.5 Å². The van der Waals surface area contributed by atoms with E-state index in [1.54, 1.807) is 0 Å². The van der Waals surface area contributed by atoms with E-state index in [0.717, 1.165) is 61.8 Å². The number of rotatable bonds is 7. The van der Waals surface area contributed by atoms with Crippen LogP contribution >= 0.6 is 23.2 Å². The van der Waals surface area contributed by atoms with E-state index in [-0.39, 0.29) is 24.4 Å². The standard InChI is InChI=1S/C28H33Cl2N3O2/c29-20-8-6-7-19(15-20)17-28(23-12-11-21(30)16-24(23)33-26(28)35)27(13-4-1-5-14-27)31-18-25(34)32-22-9-2-3-10-22/h6-8,11-12,15-16,22,31H,1-5,9-10,13-14,17-18H2,(H,32,34)(H,33,35). The van der Waals surface area contributed by atoms with Crippen LogP contribution in [0.5, 0.6) is 0 Å². The number of amides is 2. The zero-order valence-corrected chi connectivity index (χ0v) is 21.5. The summed E-state index contributed by atoms with van der Waals surface area (Å²) in [5.41, 5.74) is 1.25. The van der Waals surface area contributed by atoms with Crippen molar-refractivity contribution in [3.05, 3.63) is 63.6 Å². The van der Waals surface area contributed by atoms with E-state index in [4.69, 9.17) is 23.2 Å². The van der Waals surface area contributed by atoms with Gasteiger partial charge in [0, 0.05) is 27.3 Å². The Hall–Kier alpha value is -2.08. The second-order valence-electron chi connectivity index (χ2n) is 10.4. The summed E-state index contributed by atoms with van der Waals surface area (Å²) in [6.07, 6.45) is 9.70. The molecule has 2 fully saturated rings. The molecule has 3 aliphatic rings. The van der Waals surface area contributed by atoms with Crippen LogP contribution in [0.1, 0.15) is 68.9 Å². The molecule has 2 saturated carbocycles. The molecule has 0 spiro atoms. The predicted octanol–water partition coefficient (Wildman–Crippen LogP) is 5.78. The molecule has 2 aliphatic carbocycles. The predicted molar refractivity (Wildman–Crippen MR) is 141 cm³/mol. The quantitative estimate of drug-likeness (QED) is 0.439. The molecule has 186 valence electrons. The minimum absolute atomic E-state index is 0.00879. The highest BCUT2D eigenvalue weighted by molar-refractivity contribution is 6.31. The number of halogens is 2. The second-order valence-corrected chi connectivity index (χ2v) is 11.3. The molecule has 5 nitrogen and oxygen atoms in total. The van der Waals surface area contributed by atoms with Crippen LogP contribution in [0.3, 0.4) is 0 Å². The second kappa shape index (κ2) is 10.1. The highest BCUT2D eigenvalue weighted by Gasteiger charge is 2.60. The molecule has 0 aromatic heterocycles. The zero-order chi connectivity index (χ0) is 24.5. The molecule has 2 aromatic carbocycles. The van der Waals surface area contributed by atoms with Crippen molar-refractivity contribution >= 4 is 40.7 Å². The van der Waals surface area contributed by atoms with Gasteiger partial charge in [-0.05, 0) is 67.5 Å². The minimum Gasteiger partial charge on any atom is -0.352 e. The Bertz CT molecular complexity index is 1110. The Morgan fingerprint density at radius 3 is 2.46 bits per heavy atom. The van der Waals surface area contributed by atoms with Gasteiger partial charge in [0.15, 0.2) is 0 Å². The fourth-order valence-electron chi connectivity index (χ4n) is 6.62. The van der Waals surface area contributed by atoms with E-state index in [1.165, 1.54) is 12.8 Å². The van der Waals surface area contributed by atoms with Gasteiger partial charge < -0.3 is 16.0 Å². The molecule has 1 heterocycles. The molecular weight excluding hydrogens is 481 g/mol. The van der Waals surface area contributed by atoms with Crippen molar-refractivity contribution in [2.24, 2.45) is 0 Å². The summed E-state index contributed by atoms with van der Waals surface area (Å²) < 4.78 is 0. The normalized spacial score (nSPS) is 23.7. The van der Waals surface area contributed by atoms with Gasteiger partial charge in [0.1, 0.15) is 0 Å². The first-order valence-electron chi connectivity index (χ1n) is 12.8. The molecular formula is C28H33Cl2N3O2. The number of carbonyl (C=O) groups excluding carboxylic acids is 2. The van der Waals surface area contributed by atoms with E-state index in [9.17, 15) is 9.59 Å². The van der Waals surface area contributed by atoms with Crippen LogP contribution in [0.2, 0.25) is 10.0 Å². The van der Waals surface area contributed by atoms with Crippen molar-refractivity contribution in [2.75, 3.05) is 11.9 Å². The number of hydrogen-bond acceptors (Lipinski definition) is 3. The first-order chi connectivity index (χ1) is 16.9. The summed E-state index contributed by atoms with van der Waals surface area (Å²) in [7, 11) is 0. The zero-order valence-electron chi connectivity index (χ0n) is 20.0. The fourth-order valence-corrected chi connectivity index (χ4v) is 7.01. The summed E-state index contributed by atoms with van der Waals surface area (Å²) >= 11 is 12.7. The smallest absolute Gasteiger partial charge is 0.237 e. The lowest BCUT2D eigenvalue weighted by Crippen LogP contribution is -2.66. The van der Waals surface area contributed by atoms with Gasteiger partial charge in [0.25, 0.3) is 0 Å². The van der Waals surface area contributed by atoms with Crippen LogP contribution in [0.4, 0.5) is 5.69 Å². The molecule has 35 heavy (non-hydrogen) atoms. The number of hydrogen-bond donors (Lipinski definition) is 3. The maximum atomic E-state index is 14.1. The van der Waals surface area contributed by atoms with Gasteiger partial charge in [-0.2, -0.15) is 0 Å². The lowest BCUT2D eigenvalue weighted by molar-refractivity contribution is -0.127. The van der Waals surface area contributed by atoms with Crippen molar-refractivity contribution in [3.63, 3.8) is 0 Å². The third-order valence-corrected chi connectivity index (χ3v) is 8.74. The number of fused-ring (bicyclic) bond motifs is 1. The molecule has 2 aromatic rings. The van der Waals surface area contributed by atoms with Crippen LogP contribution in [0, 0.1) is 0 Å². The van der Waals surface area contributed by atoms with Gasteiger partial charge in [-0.25, -0.2) is 0 Å². The fraction of sp³-hybridized carbons (Fsp3) is 0.500. The summed E-state index contributed by atoms with van der Waals surface area (Å²) in [4.78, 5) is 27.0. The van der Waals surface area contributed by atoms with Crippen LogP contribution < -0.4 is 16.0 Å². The molecule has 0 bridgehead atoms.